The van der Waals surface area contributed by atoms with E-state index < -0.39 is 0 Å². The van der Waals surface area contributed by atoms with Crippen molar-refractivity contribution >= 4 is 34.5 Å². The lowest BCUT2D eigenvalue weighted by atomic mass is 9.87. The van der Waals surface area contributed by atoms with Gasteiger partial charge in [0.05, 0.1) is 23.0 Å². The van der Waals surface area contributed by atoms with Crippen molar-refractivity contribution in [1.29, 1.82) is 0 Å². The third kappa shape index (κ3) is 1.27. The van der Waals surface area contributed by atoms with Gasteiger partial charge in [0.15, 0.2) is 0 Å². The molecule has 0 aromatic carbocycles. The first-order valence-corrected chi connectivity index (χ1v) is 5.39. The zero-order valence-electron chi connectivity index (χ0n) is 6.35. The molecule has 1 aliphatic heterocycles. The predicted molar refractivity (Wildman–Crippen MR) is 52.5 cm³/mol. The largest absolute Gasteiger partial charge is 0.379 e. The molecule has 0 atom stereocenters. The SMILES string of the molecule is ClCC1(c2ccc(Cl)s2)COC1. The van der Waals surface area contributed by atoms with Gasteiger partial charge in [-0.25, -0.2) is 0 Å². The molecule has 0 N–H and O–H groups in total. The molecule has 0 unspecified atom stereocenters. The van der Waals surface area contributed by atoms with Crippen LogP contribution in [0.4, 0.5) is 0 Å². The van der Waals surface area contributed by atoms with Crippen LogP contribution in [0.15, 0.2) is 12.1 Å². The van der Waals surface area contributed by atoms with E-state index in [0.29, 0.717) is 5.88 Å². The van der Waals surface area contributed by atoms with E-state index in [0.717, 1.165) is 17.6 Å². The fraction of sp³-hybridized carbons (Fsp3) is 0.500. The van der Waals surface area contributed by atoms with Gasteiger partial charge < -0.3 is 4.74 Å². The second-order valence-electron chi connectivity index (χ2n) is 3.01. The highest BCUT2D eigenvalue weighted by Crippen LogP contribution is 2.38. The highest BCUT2D eigenvalue weighted by molar-refractivity contribution is 7.16. The average Bonchev–Trinajstić information content (AvgIpc) is 2.35. The van der Waals surface area contributed by atoms with E-state index in [1.807, 2.05) is 12.1 Å². The van der Waals surface area contributed by atoms with Gasteiger partial charge in [-0.05, 0) is 12.1 Å². The van der Waals surface area contributed by atoms with Crippen LogP contribution < -0.4 is 0 Å². The van der Waals surface area contributed by atoms with Gasteiger partial charge in [0, 0.05) is 10.8 Å². The summed E-state index contributed by atoms with van der Waals surface area (Å²) in [5.41, 5.74) is 0.0549. The Bertz CT molecular complexity index is 275. The molecule has 0 radical (unpaired) electrons. The predicted octanol–water partition coefficient (Wildman–Crippen LogP) is 2.91. The average molecular weight is 223 g/mol. The zero-order chi connectivity index (χ0) is 8.60. The molecule has 1 aromatic heterocycles. The van der Waals surface area contributed by atoms with Gasteiger partial charge >= 0.3 is 0 Å². The lowest BCUT2D eigenvalue weighted by Crippen LogP contribution is -2.47. The van der Waals surface area contributed by atoms with Crippen molar-refractivity contribution in [3.05, 3.63) is 21.3 Å². The van der Waals surface area contributed by atoms with Crippen LogP contribution in [0, 0.1) is 0 Å². The van der Waals surface area contributed by atoms with Crippen LogP contribution in [-0.4, -0.2) is 19.1 Å². The second-order valence-corrected chi connectivity index (χ2v) is 4.99. The fourth-order valence-corrected chi connectivity index (χ4v) is 2.81. The van der Waals surface area contributed by atoms with Crippen molar-refractivity contribution in [2.75, 3.05) is 19.1 Å². The van der Waals surface area contributed by atoms with Gasteiger partial charge in [-0.1, -0.05) is 11.6 Å². The Labute approximate surface area is 85.2 Å². The minimum absolute atomic E-state index is 0.0549. The summed E-state index contributed by atoms with van der Waals surface area (Å²) < 4.78 is 5.99. The maximum atomic E-state index is 5.89. The van der Waals surface area contributed by atoms with Crippen LogP contribution in [0.2, 0.25) is 4.34 Å². The summed E-state index contributed by atoms with van der Waals surface area (Å²) in [7, 11) is 0. The number of hydrogen-bond acceptors (Lipinski definition) is 2. The number of hydrogen-bond donors (Lipinski definition) is 0. The maximum absolute atomic E-state index is 5.89. The molecule has 0 spiro atoms. The highest BCUT2D eigenvalue weighted by Gasteiger charge is 2.40. The molecule has 1 nitrogen and oxygen atoms in total. The van der Waals surface area contributed by atoms with E-state index in [1.54, 1.807) is 11.3 Å². The van der Waals surface area contributed by atoms with Crippen LogP contribution in [-0.2, 0) is 10.2 Å². The lowest BCUT2D eigenvalue weighted by Gasteiger charge is -2.38. The molecule has 1 saturated heterocycles. The molecule has 66 valence electrons. The third-order valence-electron chi connectivity index (χ3n) is 2.11. The summed E-state index contributed by atoms with van der Waals surface area (Å²) in [6.45, 7) is 1.46. The van der Waals surface area contributed by atoms with Crippen molar-refractivity contribution < 1.29 is 4.74 Å². The normalized spacial score (nSPS) is 20.5. The zero-order valence-corrected chi connectivity index (χ0v) is 8.68. The van der Waals surface area contributed by atoms with E-state index in [9.17, 15) is 0 Å². The van der Waals surface area contributed by atoms with E-state index in [2.05, 4.69) is 0 Å². The molecular weight excluding hydrogens is 215 g/mol. The molecule has 1 aliphatic rings. The first-order chi connectivity index (χ1) is 5.77. The first-order valence-electron chi connectivity index (χ1n) is 3.66. The van der Waals surface area contributed by atoms with E-state index in [1.165, 1.54) is 4.88 Å². The fourth-order valence-electron chi connectivity index (χ4n) is 1.23. The summed E-state index contributed by atoms with van der Waals surface area (Å²) in [4.78, 5) is 1.24. The van der Waals surface area contributed by atoms with Gasteiger partial charge in [-0.3, -0.25) is 0 Å². The molecule has 0 amide bonds. The molecule has 1 fully saturated rings. The molecule has 0 bridgehead atoms. The quantitative estimate of drug-likeness (QED) is 0.700. The lowest BCUT2D eigenvalue weighted by molar-refractivity contribution is -0.0461. The minimum Gasteiger partial charge on any atom is -0.379 e. The summed E-state index contributed by atoms with van der Waals surface area (Å²) in [6.07, 6.45) is 0. The molecule has 4 heteroatoms. The number of alkyl halides is 1. The Morgan fingerprint density at radius 3 is 2.58 bits per heavy atom. The molecule has 0 aliphatic carbocycles. The number of rotatable bonds is 2. The first kappa shape index (κ1) is 8.82. The number of thiophene rings is 1. The van der Waals surface area contributed by atoms with Crippen molar-refractivity contribution in [3.63, 3.8) is 0 Å². The Morgan fingerprint density at radius 1 is 1.50 bits per heavy atom. The van der Waals surface area contributed by atoms with Crippen molar-refractivity contribution in [1.82, 2.24) is 0 Å². The summed E-state index contributed by atoms with van der Waals surface area (Å²) >= 11 is 13.3. The molecule has 2 rings (SSSR count). The van der Waals surface area contributed by atoms with Crippen LogP contribution in [0.5, 0.6) is 0 Å². The molecule has 2 heterocycles. The summed E-state index contributed by atoms with van der Waals surface area (Å²) in [5.74, 6) is 0.615. The Morgan fingerprint density at radius 2 is 2.25 bits per heavy atom. The molecule has 12 heavy (non-hydrogen) atoms. The van der Waals surface area contributed by atoms with Crippen molar-refractivity contribution in [3.8, 4) is 0 Å². The van der Waals surface area contributed by atoms with Crippen molar-refractivity contribution in [2.45, 2.75) is 5.41 Å². The number of ether oxygens (including phenoxy) is 1. The molecule has 0 saturated carbocycles. The van der Waals surface area contributed by atoms with Crippen molar-refractivity contribution in [2.24, 2.45) is 0 Å². The minimum atomic E-state index is 0.0549. The topological polar surface area (TPSA) is 9.23 Å². The van der Waals surface area contributed by atoms with Crippen LogP contribution in [0.25, 0.3) is 0 Å². The van der Waals surface area contributed by atoms with E-state index in [4.69, 9.17) is 27.9 Å². The van der Waals surface area contributed by atoms with Crippen LogP contribution in [0.1, 0.15) is 4.88 Å². The maximum Gasteiger partial charge on any atom is 0.0931 e. The Balaban J connectivity index is 2.27. The van der Waals surface area contributed by atoms with E-state index in [-0.39, 0.29) is 5.41 Å². The third-order valence-corrected chi connectivity index (χ3v) is 4.10. The highest BCUT2D eigenvalue weighted by atomic mass is 35.5. The second kappa shape index (κ2) is 3.18. The van der Waals surface area contributed by atoms with Gasteiger partial charge in [-0.2, -0.15) is 0 Å². The smallest absolute Gasteiger partial charge is 0.0931 e. The monoisotopic (exact) mass is 222 g/mol. The van der Waals surface area contributed by atoms with Crippen LogP contribution >= 0.6 is 34.5 Å². The van der Waals surface area contributed by atoms with Gasteiger partial charge in [0.2, 0.25) is 0 Å². The van der Waals surface area contributed by atoms with Gasteiger partial charge in [-0.15, -0.1) is 22.9 Å². The van der Waals surface area contributed by atoms with Gasteiger partial charge in [0.1, 0.15) is 0 Å². The standard InChI is InChI=1S/C8H8Cl2OS/c9-3-8(4-11-5-8)6-1-2-7(10)12-6/h1-2H,3-5H2. The van der Waals surface area contributed by atoms with Crippen LogP contribution in [0.3, 0.4) is 0 Å². The van der Waals surface area contributed by atoms with Gasteiger partial charge in [0.25, 0.3) is 0 Å². The van der Waals surface area contributed by atoms with E-state index >= 15 is 0 Å². The Kier molecular flexibility index (Phi) is 2.34. The number of halogens is 2. The molecular formula is C8H8Cl2OS. The molecule has 1 aromatic rings. The summed E-state index contributed by atoms with van der Waals surface area (Å²) in [5, 5.41) is 0. The summed E-state index contributed by atoms with van der Waals surface area (Å²) in [6, 6.07) is 3.95. The Hall–Kier alpha value is 0.240.